The Kier molecular flexibility index (Phi) is 3.35. The highest BCUT2D eigenvalue weighted by Gasteiger charge is 2.44. The van der Waals surface area contributed by atoms with E-state index in [1.54, 1.807) is 0 Å². The molecular weight excluding hydrogens is 246 g/mol. The number of hydrogen-bond acceptors (Lipinski definition) is 2. The van der Waals surface area contributed by atoms with Gasteiger partial charge in [-0.15, -0.1) is 0 Å². The lowest BCUT2D eigenvalue weighted by Gasteiger charge is -2.31. The highest BCUT2D eigenvalue weighted by atomic mass is 16.1. The number of benzene rings is 2. The van der Waals surface area contributed by atoms with Gasteiger partial charge < -0.3 is 5.32 Å². The van der Waals surface area contributed by atoms with Crippen molar-refractivity contribution < 1.29 is 4.79 Å². The molecule has 0 radical (unpaired) electrons. The molecule has 20 heavy (non-hydrogen) atoms. The molecule has 104 valence electrons. The molecule has 1 atom stereocenters. The molecule has 1 saturated heterocycles. The summed E-state index contributed by atoms with van der Waals surface area (Å²) in [6.45, 7) is 6.06. The van der Waals surface area contributed by atoms with E-state index < -0.39 is 0 Å². The largest absolute Gasteiger partial charge is 0.316 e. The van der Waals surface area contributed by atoms with E-state index in [2.05, 4.69) is 37.4 Å². The molecule has 0 aromatic heterocycles. The highest BCUT2D eigenvalue weighted by molar-refractivity contribution is 6.11. The lowest BCUT2D eigenvalue weighted by Crippen LogP contribution is -2.38. The van der Waals surface area contributed by atoms with Gasteiger partial charge in [-0.05, 0) is 29.7 Å². The smallest absolute Gasteiger partial charge is 0.171 e. The van der Waals surface area contributed by atoms with E-state index in [1.807, 2.05) is 24.3 Å². The molecule has 1 aliphatic rings. The third-order valence-electron chi connectivity index (χ3n) is 4.78. The first-order chi connectivity index (χ1) is 9.65. The number of carbonyl (C=O) groups is 1. The molecule has 0 saturated carbocycles. The fraction of sp³-hybridized carbons (Fsp3) is 0.389. The molecule has 0 spiro atoms. The summed E-state index contributed by atoms with van der Waals surface area (Å²) in [4.78, 5) is 13.2. The summed E-state index contributed by atoms with van der Waals surface area (Å²) in [5.74, 6) is 0.651. The molecule has 0 bridgehead atoms. The number of ketones is 1. The summed E-state index contributed by atoms with van der Waals surface area (Å²) in [7, 11) is 0. The van der Waals surface area contributed by atoms with Gasteiger partial charge in [0, 0.05) is 17.5 Å². The summed E-state index contributed by atoms with van der Waals surface area (Å²) in [6.07, 6.45) is 0.937. The van der Waals surface area contributed by atoms with E-state index >= 15 is 0 Å². The zero-order valence-corrected chi connectivity index (χ0v) is 12.1. The SMILES string of the molecule is CC(C)C1(C(=O)c2cccc3ccccc23)CCNC1. The Bertz CT molecular complexity index is 633. The Morgan fingerprint density at radius 3 is 2.60 bits per heavy atom. The van der Waals surface area contributed by atoms with Gasteiger partial charge in [0.15, 0.2) is 5.78 Å². The van der Waals surface area contributed by atoms with Gasteiger partial charge in [-0.3, -0.25) is 4.79 Å². The number of carbonyl (C=O) groups excluding carboxylic acids is 1. The summed E-state index contributed by atoms with van der Waals surface area (Å²) in [5.41, 5.74) is 0.630. The van der Waals surface area contributed by atoms with Gasteiger partial charge in [0.1, 0.15) is 0 Å². The third-order valence-corrected chi connectivity index (χ3v) is 4.78. The second-order valence-electron chi connectivity index (χ2n) is 6.09. The summed E-state index contributed by atoms with van der Waals surface area (Å²) >= 11 is 0. The average Bonchev–Trinajstić information content (AvgIpc) is 2.97. The molecule has 2 aromatic carbocycles. The van der Waals surface area contributed by atoms with Crippen LogP contribution in [0, 0.1) is 11.3 Å². The van der Waals surface area contributed by atoms with Crippen molar-refractivity contribution in [2.45, 2.75) is 20.3 Å². The van der Waals surface area contributed by atoms with Gasteiger partial charge in [0.2, 0.25) is 0 Å². The Morgan fingerprint density at radius 1 is 1.15 bits per heavy atom. The fourth-order valence-corrected chi connectivity index (χ4v) is 3.35. The number of hydrogen-bond donors (Lipinski definition) is 1. The molecule has 0 amide bonds. The molecule has 1 aliphatic heterocycles. The van der Waals surface area contributed by atoms with Crippen LogP contribution in [0.1, 0.15) is 30.6 Å². The van der Waals surface area contributed by atoms with Crippen LogP contribution in [0.15, 0.2) is 42.5 Å². The second-order valence-corrected chi connectivity index (χ2v) is 6.09. The Balaban J connectivity index is 2.13. The molecule has 1 heterocycles. The van der Waals surface area contributed by atoms with Gasteiger partial charge in [0.05, 0.1) is 0 Å². The summed E-state index contributed by atoms with van der Waals surface area (Å²) in [6, 6.07) is 14.2. The van der Waals surface area contributed by atoms with E-state index in [0.717, 1.165) is 35.8 Å². The predicted octanol–water partition coefficient (Wildman–Crippen LogP) is 3.66. The third kappa shape index (κ3) is 1.95. The van der Waals surface area contributed by atoms with Crippen LogP contribution in [-0.2, 0) is 0 Å². The Hall–Kier alpha value is -1.67. The molecule has 1 N–H and O–H groups in total. The molecule has 1 fully saturated rings. The van der Waals surface area contributed by atoms with Crippen molar-refractivity contribution in [3.05, 3.63) is 48.0 Å². The number of fused-ring (bicyclic) bond motifs is 1. The minimum Gasteiger partial charge on any atom is -0.316 e. The normalized spacial score (nSPS) is 22.6. The maximum Gasteiger partial charge on any atom is 0.171 e. The maximum absolute atomic E-state index is 13.2. The zero-order chi connectivity index (χ0) is 14.2. The van der Waals surface area contributed by atoms with Crippen LogP contribution in [0.5, 0.6) is 0 Å². The van der Waals surface area contributed by atoms with Crippen molar-refractivity contribution in [3.8, 4) is 0 Å². The average molecular weight is 267 g/mol. The van der Waals surface area contributed by atoms with Crippen molar-refractivity contribution in [2.24, 2.45) is 11.3 Å². The monoisotopic (exact) mass is 267 g/mol. The minimum atomic E-state index is -0.246. The van der Waals surface area contributed by atoms with Crippen LogP contribution in [0.2, 0.25) is 0 Å². The van der Waals surface area contributed by atoms with Crippen LogP contribution in [0.25, 0.3) is 10.8 Å². The van der Waals surface area contributed by atoms with Crippen LogP contribution in [0.3, 0.4) is 0 Å². The van der Waals surface area contributed by atoms with Crippen LogP contribution < -0.4 is 5.32 Å². The Labute approximate surface area is 120 Å². The molecule has 2 heteroatoms. The molecule has 2 aromatic rings. The summed E-state index contributed by atoms with van der Waals surface area (Å²) < 4.78 is 0. The Morgan fingerprint density at radius 2 is 1.90 bits per heavy atom. The first-order valence-corrected chi connectivity index (χ1v) is 7.38. The topological polar surface area (TPSA) is 29.1 Å². The van der Waals surface area contributed by atoms with Crippen molar-refractivity contribution in [2.75, 3.05) is 13.1 Å². The van der Waals surface area contributed by atoms with E-state index in [-0.39, 0.29) is 5.41 Å². The number of rotatable bonds is 3. The molecular formula is C18H21NO. The van der Waals surface area contributed by atoms with Gasteiger partial charge >= 0.3 is 0 Å². The van der Waals surface area contributed by atoms with Crippen LogP contribution in [-0.4, -0.2) is 18.9 Å². The zero-order valence-electron chi connectivity index (χ0n) is 12.1. The number of Topliss-reactive ketones (excluding diaryl/α,β-unsaturated/α-hetero) is 1. The maximum atomic E-state index is 13.2. The van der Waals surface area contributed by atoms with Crippen molar-refractivity contribution in [1.29, 1.82) is 0 Å². The van der Waals surface area contributed by atoms with E-state index in [0.29, 0.717) is 11.7 Å². The second kappa shape index (κ2) is 5.02. The highest BCUT2D eigenvalue weighted by Crippen LogP contribution is 2.38. The van der Waals surface area contributed by atoms with Crippen molar-refractivity contribution in [3.63, 3.8) is 0 Å². The van der Waals surface area contributed by atoms with Crippen molar-refractivity contribution >= 4 is 16.6 Å². The van der Waals surface area contributed by atoms with E-state index in [4.69, 9.17) is 0 Å². The van der Waals surface area contributed by atoms with Crippen LogP contribution in [0.4, 0.5) is 0 Å². The quantitative estimate of drug-likeness (QED) is 0.860. The molecule has 3 rings (SSSR count). The van der Waals surface area contributed by atoms with E-state index in [1.165, 1.54) is 0 Å². The van der Waals surface area contributed by atoms with Gasteiger partial charge in [0.25, 0.3) is 0 Å². The molecule has 1 unspecified atom stereocenters. The standard InChI is InChI=1S/C18H21NO/c1-13(2)18(10-11-19-12-18)17(20)16-9-5-7-14-6-3-4-8-15(14)16/h3-9,13,19H,10-12H2,1-2H3. The van der Waals surface area contributed by atoms with Crippen LogP contribution >= 0.6 is 0 Å². The van der Waals surface area contributed by atoms with Gasteiger partial charge in [-0.1, -0.05) is 56.3 Å². The van der Waals surface area contributed by atoms with Gasteiger partial charge in [-0.25, -0.2) is 0 Å². The predicted molar refractivity (Wildman–Crippen MR) is 83.0 cm³/mol. The summed E-state index contributed by atoms with van der Waals surface area (Å²) in [5, 5.41) is 5.59. The first-order valence-electron chi connectivity index (χ1n) is 7.38. The minimum absolute atomic E-state index is 0.246. The lowest BCUT2D eigenvalue weighted by atomic mass is 9.70. The molecule has 0 aliphatic carbocycles. The number of nitrogens with one attached hydrogen (secondary N) is 1. The molecule has 2 nitrogen and oxygen atoms in total. The first kappa shape index (κ1) is 13.3. The fourth-order valence-electron chi connectivity index (χ4n) is 3.35. The van der Waals surface area contributed by atoms with Gasteiger partial charge in [-0.2, -0.15) is 0 Å². The lowest BCUT2D eigenvalue weighted by molar-refractivity contribution is 0.0742. The van der Waals surface area contributed by atoms with E-state index in [9.17, 15) is 4.79 Å². The van der Waals surface area contributed by atoms with Crippen molar-refractivity contribution in [1.82, 2.24) is 5.32 Å².